The fourth-order valence-corrected chi connectivity index (χ4v) is 4.94. The van der Waals surface area contributed by atoms with Crippen LogP contribution in [0.3, 0.4) is 0 Å². The zero-order valence-corrected chi connectivity index (χ0v) is 16.9. The Kier molecular flexibility index (Phi) is 5.22. The van der Waals surface area contributed by atoms with Crippen molar-refractivity contribution >= 4 is 33.0 Å². The number of hydrogen-bond donors (Lipinski definition) is 0. The van der Waals surface area contributed by atoms with Crippen molar-refractivity contribution in [2.75, 3.05) is 37.7 Å². The number of anilines is 1. The fourth-order valence-electron chi connectivity index (χ4n) is 3.75. The van der Waals surface area contributed by atoms with E-state index in [1.807, 2.05) is 43.0 Å². The molecule has 0 bridgehead atoms. The molecule has 0 N–H and O–H groups in total. The van der Waals surface area contributed by atoms with Gasteiger partial charge in [-0.15, -0.1) is 11.3 Å². The lowest BCUT2D eigenvalue weighted by Crippen LogP contribution is -2.48. The van der Waals surface area contributed by atoms with Gasteiger partial charge in [0, 0.05) is 36.3 Å². The molecule has 6 heteroatoms. The van der Waals surface area contributed by atoms with E-state index in [4.69, 9.17) is 4.74 Å². The van der Waals surface area contributed by atoms with E-state index in [-0.39, 0.29) is 11.7 Å². The van der Waals surface area contributed by atoms with Crippen LogP contribution in [0.25, 0.3) is 10.1 Å². The van der Waals surface area contributed by atoms with E-state index < -0.39 is 0 Å². The quantitative estimate of drug-likeness (QED) is 0.638. The largest absolute Gasteiger partial charge is 0.492 e. The van der Waals surface area contributed by atoms with Gasteiger partial charge in [-0.25, -0.2) is 4.39 Å². The van der Waals surface area contributed by atoms with Crippen molar-refractivity contribution in [3.63, 3.8) is 0 Å². The third kappa shape index (κ3) is 3.33. The van der Waals surface area contributed by atoms with Gasteiger partial charge in [0.15, 0.2) is 0 Å². The number of amides is 1. The van der Waals surface area contributed by atoms with Crippen molar-refractivity contribution < 1.29 is 13.9 Å². The predicted octanol–water partition coefficient (Wildman–Crippen LogP) is 4.71. The molecular formula is C22H23FN2O2S. The molecule has 2 aromatic carbocycles. The Bertz CT molecular complexity index is 1010. The number of aryl methyl sites for hydroxylation is 1. The van der Waals surface area contributed by atoms with Crippen LogP contribution in [0, 0.1) is 12.7 Å². The van der Waals surface area contributed by atoms with E-state index in [2.05, 4.69) is 11.0 Å². The minimum absolute atomic E-state index is 0.00385. The highest BCUT2D eigenvalue weighted by atomic mass is 32.1. The highest BCUT2D eigenvalue weighted by Gasteiger charge is 2.27. The van der Waals surface area contributed by atoms with Gasteiger partial charge >= 0.3 is 0 Å². The number of nitrogens with zero attached hydrogens (tertiary/aromatic N) is 2. The van der Waals surface area contributed by atoms with Crippen molar-refractivity contribution in [3.8, 4) is 5.75 Å². The number of carbonyl (C=O) groups excluding carboxylic acids is 1. The first-order valence-electron chi connectivity index (χ1n) is 9.53. The number of rotatable bonds is 4. The molecule has 1 fully saturated rings. The van der Waals surface area contributed by atoms with E-state index in [9.17, 15) is 9.18 Å². The SMILES string of the molecule is CCOc1ccccc1N1CCN(C(=O)c2sc3cccc(F)c3c2C)CC1. The highest BCUT2D eigenvalue weighted by molar-refractivity contribution is 7.21. The fraction of sp³-hybridized carbons (Fsp3) is 0.318. The number of ether oxygens (including phenoxy) is 1. The number of thiophene rings is 1. The molecule has 0 unspecified atom stereocenters. The maximum Gasteiger partial charge on any atom is 0.264 e. The monoisotopic (exact) mass is 398 g/mol. The van der Waals surface area contributed by atoms with Crippen LogP contribution in [-0.2, 0) is 0 Å². The van der Waals surface area contributed by atoms with Gasteiger partial charge in [-0.1, -0.05) is 18.2 Å². The number of carbonyl (C=O) groups is 1. The zero-order chi connectivity index (χ0) is 19.7. The van der Waals surface area contributed by atoms with Crippen LogP contribution in [0.2, 0.25) is 0 Å². The molecule has 2 heterocycles. The molecule has 0 radical (unpaired) electrons. The number of piperazine rings is 1. The molecule has 146 valence electrons. The smallest absolute Gasteiger partial charge is 0.264 e. The van der Waals surface area contributed by atoms with Gasteiger partial charge in [0.25, 0.3) is 5.91 Å². The van der Waals surface area contributed by atoms with Crippen molar-refractivity contribution in [1.29, 1.82) is 0 Å². The van der Waals surface area contributed by atoms with Crippen LogP contribution in [0.15, 0.2) is 42.5 Å². The molecule has 0 atom stereocenters. The molecule has 0 aliphatic carbocycles. The standard InChI is InChI=1S/C22H23FN2O2S/c1-3-27-18-9-5-4-8-17(18)24-11-13-25(14-12-24)22(26)21-15(2)20-16(23)7-6-10-19(20)28-21/h4-10H,3,11-14H2,1-2H3. The van der Waals surface area contributed by atoms with Gasteiger partial charge in [0.05, 0.1) is 17.2 Å². The number of para-hydroxylation sites is 2. The van der Waals surface area contributed by atoms with Gasteiger partial charge in [-0.2, -0.15) is 0 Å². The third-order valence-electron chi connectivity index (χ3n) is 5.17. The number of fused-ring (bicyclic) bond motifs is 1. The molecule has 4 nitrogen and oxygen atoms in total. The Morgan fingerprint density at radius 1 is 1.11 bits per heavy atom. The summed E-state index contributed by atoms with van der Waals surface area (Å²) in [4.78, 5) is 17.9. The summed E-state index contributed by atoms with van der Waals surface area (Å²) in [7, 11) is 0. The highest BCUT2D eigenvalue weighted by Crippen LogP contribution is 2.34. The van der Waals surface area contributed by atoms with Crippen LogP contribution >= 0.6 is 11.3 Å². The second-order valence-corrected chi connectivity index (χ2v) is 7.90. The van der Waals surface area contributed by atoms with Gasteiger partial charge in [0.1, 0.15) is 11.6 Å². The van der Waals surface area contributed by atoms with Crippen LogP contribution < -0.4 is 9.64 Å². The Hall–Kier alpha value is -2.60. The van der Waals surface area contributed by atoms with E-state index in [1.54, 1.807) is 6.07 Å². The topological polar surface area (TPSA) is 32.8 Å². The van der Waals surface area contributed by atoms with Crippen LogP contribution in [-0.4, -0.2) is 43.6 Å². The van der Waals surface area contributed by atoms with Crippen molar-refractivity contribution in [3.05, 3.63) is 58.7 Å². The number of halogens is 1. The summed E-state index contributed by atoms with van der Waals surface area (Å²) in [6, 6.07) is 13.0. The summed E-state index contributed by atoms with van der Waals surface area (Å²) in [6.45, 7) is 7.19. The molecule has 0 spiro atoms. The lowest BCUT2D eigenvalue weighted by molar-refractivity contribution is 0.0751. The minimum Gasteiger partial charge on any atom is -0.492 e. The van der Waals surface area contributed by atoms with E-state index in [1.165, 1.54) is 17.4 Å². The molecule has 3 aromatic rings. The first kappa shape index (κ1) is 18.7. The Morgan fingerprint density at radius 2 is 1.86 bits per heavy atom. The molecule has 4 rings (SSSR count). The molecular weight excluding hydrogens is 375 g/mol. The maximum atomic E-state index is 14.2. The summed E-state index contributed by atoms with van der Waals surface area (Å²) < 4.78 is 20.7. The maximum absolute atomic E-state index is 14.2. The average Bonchev–Trinajstić information content (AvgIpc) is 3.06. The zero-order valence-electron chi connectivity index (χ0n) is 16.1. The van der Waals surface area contributed by atoms with Crippen molar-refractivity contribution in [2.45, 2.75) is 13.8 Å². The normalized spacial score (nSPS) is 14.5. The summed E-state index contributed by atoms with van der Waals surface area (Å²) in [5.41, 5.74) is 1.81. The minimum atomic E-state index is -0.261. The van der Waals surface area contributed by atoms with Crippen molar-refractivity contribution in [1.82, 2.24) is 4.90 Å². The molecule has 0 saturated carbocycles. The third-order valence-corrected chi connectivity index (χ3v) is 6.41. The van der Waals surface area contributed by atoms with E-state index >= 15 is 0 Å². The van der Waals surface area contributed by atoms with Crippen LogP contribution in [0.5, 0.6) is 5.75 Å². The van der Waals surface area contributed by atoms with Gasteiger partial charge in [-0.3, -0.25) is 4.79 Å². The summed E-state index contributed by atoms with van der Waals surface area (Å²) in [5, 5.41) is 0.570. The Balaban J connectivity index is 1.51. The van der Waals surface area contributed by atoms with Crippen LogP contribution in [0.4, 0.5) is 10.1 Å². The number of hydrogen-bond acceptors (Lipinski definition) is 4. The Labute approximate surface area is 168 Å². The lowest BCUT2D eigenvalue weighted by Gasteiger charge is -2.36. The Morgan fingerprint density at radius 3 is 2.57 bits per heavy atom. The summed E-state index contributed by atoms with van der Waals surface area (Å²) >= 11 is 1.38. The van der Waals surface area contributed by atoms with Gasteiger partial charge in [0.2, 0.25) is 0 Å². The summed E-state index contributed by atoms with van der Waals surface area (Å²) in [5.74, 6) is 0.610. The van der Waals surface area contributed by atoms with Crippen molar-refractivity contribution in [2.24, 2.45) is 0 Å². The molecule has 28 heavy (non-hydrogen) atoms. The first-order valence-corrected chi connectivity index (χ1v) is 10.4. The van der Waals surface area contributed by atoms with Crippen LogP contribution in [0.1, 0.15) is 22.2 Å². The second-order valence-electron chi connectivity index (χ2n) is 6.85. The molecule has 1 aliphatic heterocycles. The molecule has 1 aromatic heterocycles. The molecule has 1 amide bonds. The second kappa shape index (κ2) is 7.80. The molecule has 1 aliphatic rings. The van der Waals surface area contributed by atoms with Gasteiger partial charge in [-0.05, 0) is 43.7 Å². The predicted molar refractivity (Wildman–Crippen MR) is 112 cm³/mol. The number of benzene rings is 2. The first-order chi connectivity index (χ1) is 13.6. The van der Waals surface area contributed by atoms with E-state index in [0.29, 0.717) is 30.0 Å². The molecule has 1 saturated heterocycles. The average molecular weight is 399 g/mol. The van der Waals surface area contributed by atoms with Gasteiger partial charge < -0.3 is 14.5 Å². The van der Waals surface area contributed by atoms with E-state index in [0.717, 1.165) is 34.8 Å². The summed E-state index contributed by atoms with van der Waals surface area (Å²) in [6.07, 6.45) is 0. The lowest BCUT2D eigenvalue weighted by atomic mass is 10.1.